The molecule has 2 N–H and O–H groups in total. The van der Waals surface area contributed by atoms with Gasteiger partial charge in [-0.1, -0.05) is 25.5 Å². The van der Waals surface area contributed by atoms with Gasteiger partial charge in [0.25, 0.3) is 5.91 Å². The highest BCUT2D eigenvalue weighted by molar-refractivity contribution is 7.18. The molecule has 2 aromatic rings. The molecule has 2 heterocycles. The molecule has 1 aliphatic heterocycles. The molecule has 1 amide bonds. The largest absolute Gasteiger partial charge is 0.383 e. The first-order valence-electron chi connectivity index (χ1n) is 8.60. The number of para-hydroxylation sites is 1. The number of amides is 1. The van der Waals surface area contributed by atoms with Crippen LogP contribution in [0.1, 0.15) is 43.7 Å². The Bertz CT molecular complexity index is 667. The van der Waals surface area contributed by atoms with Crippen molar-refractivity contribution in [1.29, 1.82) is 0 Å². The summed E-state index contributed by atoms with van der Waals surface area (Å²) in [6.07, 6.45) is 1.56. The molecule has 0 saturated carbocycles. The monoisotopic (exact) mass is 348 g/mol. The molecule has 130 valence electrons. The lowest BCUT2D eigenvalue weighted by atomic mass is 9.93. The van der Waals surface area contributed by atoms with Crippen LogP contribution in [0.2, 0.25) is 0 Å². The van der Waals surface area contributed by atoms with E-state index in [1.54, 1.807) is 4.90 Å². The van der Waals surface area contributed by atoms with Gasteiger partial charge in [0.2, 0.25) is 0 Å². The third kappa shape index (κ3) is 3.61. The van der Waals surface area contributed by atoms with Crippen molar-refractivity contribution in [3.63, 3.8) is 0 Å². The smallest absolute Gasteiger partial charge is 0.254 e. The molecule has 3 rings (SSSR count). The minimum Gasteiger partial charge on any atom is -0.383 e. The number of aliphatic hydroxyl groups is 2. The van der Waals surface area contributed by atoms with Gasteiger partial charge in [0.05, 0.1) is 10.2 Å². The van der Waals surface area contributed by atoms with Crippen molar-refractivity contribution in [1.82, 2.24) is 9.88 Å². The Kier molecular flexibility index (Phi) is 5.48. The van der Waals surface area contributed by atoms with Crippen LogP contribution in [0.4, 0.5) is 0 Å². The Morgan fingerprint density at radius 1 is 1.42 bits per heavy atom. The predicted octanol–water partition coefficient (Wildman–Crippen LogP) is 2.73. The van der Waals surface area contributed by atoms with Crippen LogP contribution in [0, 0.1) is 5.92 Å². The highest BCUT2D eigenvalue weighted by atomic mass is 32.1. The number of aromatic nitrogens is 1. The Labute approximate surface area is 145 Å². The molecule has 24 heavy (non-hydrogen) atoms. The lowest BCUT2D eigenvalue weighted by Crippen LogP contribution is -2.46. The highest BCUT2D eigenvalue weighted by Gasteiger charge is 2.33. The standard InChI is InChI=1S/C18H24N2O3S/c1-2-6-12-7-5-10-20(11-12)18(23)16(22)15(21)17-19-13-8-3-4-9-14(13)24-17/h3-4,8-9,12,15-16,21-22H,2,5-7,10-11H2,1H3. The zero-order valence-corrected chi connectivity index (χ0v) is 14.7. The van der Waals surface area contributed by atoms with Gasteiger partial charge in [-0.25, -0.2) is 4.98 Å². The molecule has 1 aromatic carbocycles. The summed E-state index contributed by atoms with van der Waals surface area (Å²) in [5.74, 6) is 0.113. The average molecular weight is 348 g/mol. The lowest BCUT2D eigenvalue weighted by molar-refractivity contribution is -0.148. The Balaban J connectivity index is 1.70. The van der Waals surface area contributed by atoms with Crippen molar-refractivity contribution in [2.75, 3.05) is 13.1 Å². The maximum atomic E-state index is 12.6. The zero-order chi connectivity index (χ0) is 17.1. The highest BCUT2D eigenvalue weighted by Crippen LogP contribution is 2.29. The van der Waals surface area contributed by atoms with E-state index in [1.807, 2.05) is 24.3 Å². The van der Waals surface area contributed by atoms with Gasteiger partial charge in [-0.15, -0.1) is 11.3 Å². The van der Waals surface area contributed by atoms with E-state index < -0.39 is 12.2 Å². The van der Waals surface area contributed by atoms with E-state index >= 15 is 0 Å². The van der Waals surface area contributed by atoms with Gasteiger partial charge in [0, 0.05) is 13.1 Å². The number of fused-ring (bicyclic) bond motifs is 1. The van der Waals surface area contributed by atoms with E-state index in [1.165, 1.54) is 11.3 Å². The molecule has 0 radical (unpaired) electrons. The van der Waals surface area contributed by atoms with Gasteiger partial charge in [0.1, 0.15) is 11.1 Å². The molecule has 0 spiro atoms. The number of hydrogen-bond donors (Lipinski definition) is 2. The molecule has 1 saturated heterocycles. The van der Waals surface area contributed by atoms with Crippen LogP contribution in [-0.2, 0) is 4.79 Å². The van der Waals surface area contributed by atoms with E-state index in [2.05, 4.69) is 11.9 Å². The zero-order valence-electron chi connectivity index (χ0n) is 13.9. The normalized spacial score (nSPS) is 21.0. The molecule has 0 bridgehead atoms. The molecule has 0 aliphatic carbocycles. The van der Waals surface area contributed by atoms with Gasteiger partial charge in [-0.2, -0.15) is 0 Å². The van der Waals surface area contributed by atoms with Crippen LogP contribution in [0.25, 0.3) is 10.2 Å². The Morgan fingerprint density at radius 2 is 2.21 bits per heavy atom. The Hall–Kier alpha value is -1.50. The van der Waals surface area contributed by atoms with Crippen LogP contribution >= 0.6 is 11.3 Å². The minimum absolute atomic E-state index is 0.387. The fourth-order valence-corrected chi connectivity index (χ4v) is 4.37. The number of thiazole rings is 1. The van der Waals surface area contributed by atoms with E-state index in [-0.39, 0.29) is 5.91 Å². The molecule has 6 heteroatoms. The molecule has 1 fully saturated rings. The van der Waals surface area contributed by atoms with Crippen molar-refractivity contribution < 1.29 is 15.0 Å². The molecule has 1 aliphatic rings. The summed E-state index contributed by atoms with van der Waals surface area (Å²) in [5, 5.41) is 21.2. The fourth-order valence-electron chi connectivity index (χ4n) is 3.38. The second-order valence-electron chi connectivity index (χ2n) is 6.49. The number of carbonyl (C=O) groups is 1. The third-order valence-electron chi connectivity index (χ3n) is 4.64. The number of benzene rings is 1. The lowest BCUT2D eigenvalue weighted by Gasteiger charge is -2.34. The SMILES string of the molecule is CCCC1CCCN(C(=O)C(O)C(O)c2nc3ccccc3s2)C1. The number of rotatable bonds is 5. The summed E-state index contributed by atoms with van der Waals surface area (Å²) < 4.78 is 0.937. The van der Waals surface area contributed by atoms with Crippen molar-refractivity contribution in [3.8, 4) is 0 Å². The van der Waals surface area contributed by atoms with Gasteiger partial charge < -0.3 is 15.1 Å². The molecular weight excluding hydrogens is 324 g/mol. The van der Waals surface area contributed by atoms with E-state index in [9.17, 15) is 15.0 Å². The van der Waals surface area contributed by atoms with E-state index in [0.29, 0.717) is 24.0 Å². The molecule has 1 aromatic heterocycles. The topological polar surface area (TPSA) is 73.7 Å². The Morgan fingerprint density at radius 3 is 2.96 bits per heavy atom. The van der Waals surface area contributed by atoms with Crippen LogP contribution in [0.5, 0.6) is 0 Å². The first-order valence-corrected chi connectivity index (χ1v) is 9.42. The molecule has 3 atom stereocenters. The second kappa shape index (κ2) is 7.59. The molecule has 5 nitrogen and oxygen atoms in total. The molecular formula is C18H24N2O3S. The average Bonchev–Trinajstić information content (AvgIpc) is 3.04. The second-order valence-corrected chi connectivity index (χ2v) is 7.55. The van der Waals surface area contributed by atoms with Crippen molar-refractivity contribution in [3.05, 3.63) is 29.3 Å². The van der Waals surface area contributed by atoms with E-state index in [4.69, 9.17) is 0 Å². The first kappa shape index (κ1) is 17.3. The van der Waals surface area contributed by atoms with Crippen molar-refractivity contribution >= 4 is 27.5 Å². The number of hydrogen-bond acceptors (Lipinski definition) is 5. The maximum Gasteiger partial charge on any atom is 0.254 e. The third-order valence-corrected chi connectivity index (χ3v) is 5.75. The predicted molar refractivity (Wildman–Crippen MR) is 94.8 cm³/mol. The number of piperidine rings is 1. The summed E-state index contributed by atoms with van der Waals surface area (Å²) in [6, 6.07) is 7.55. The summed E-state index contributed by atoms with van der Waals surface area (Å²) in [5.41, 5.74) is 0.775. The number of likely N-dealkylation sites (tertiary alicyclic amines) is 1. The first-order chi connectivity index (χ1) is 11.6. The molecule has 3 unspecified atom stereocenters. The summed E-state index contributed by atoms with van der Waals surface area (Å²) in [6.45, 7) is 3.48. The van der Waals surface area contributed by atoms with Crippen LogP contribution in [0.3, 0.4) is 0 Å². The van der Waals surface area contributed by atoms with Crippen LogP contribution in [-0.4, -0.2) is 45.2 Å². The fraction of sp³-hybridized carbons (Fsp3) is 0.556. The minimum atomic E-state index is -1.45. The summed E-state index contributed by atoms with van der Waals surface area (Å²) >= 11 is 1.31. The number of nitrogens with zero attached hydrogens (tertiary/aromatic N) is 2. The summed E-state index contributed by atoms with van der Waals surface area (Å²) in [7, 11) is 0. The number of carbonyl (C=O) groups excluding carboxylic acids is 1. The van der Waals surface area contributed by atoms with Gasteiger partial charge in [-0.3, -0.25) is 4.79 Å². The number of aliphatic hydroxyl groups excluding tert-OH is 2. The van der Waals surface area contributed by atoms with Crippen molar-refractivity contribution in [2.45, 2.75) is 44.8 Å². The van der Waals surface area contributed by atoms with Gasteiger partial charge in [0.15, 0.2) is 6.10 Å². The van der Waals surface area contributed by atoms with Gasteiger partial charge in [-0.05, 0) is 37.3 Å². The van der Waals surface area contributed by atoms with Crippen LogP contribution in [0.15, 0.2) is 24.3 Å². The van der Waals surface area contributed by atoms with Gasteiger partial charge >= 0.3 is 0 Å². The van der Waals surface area contributed by atoms with Crippen LogP contribution < -0.4 is 0 Å². The summed E-state index contributed by atoms with van der Waals surface area (Å²) in [4.78, 5) is 18.6. The van der Waals surface area contributed by atoms with Crippen molar-refractivity contribution in [2.24, 2.45) is 5.92 Å². The quantitative estimate of drug-likeness (QED) is 0.871. The van der Waals surface area contributed by atoms with E-state index in [0.717, 1.165) is 35.9 Å². The maximum absolute atomic E-state index is 12.6.